The summed E-state index contributed by atoms with van der Waals surface area (Å²) < 4.78 is 7.31. The molecule has 1 saturated heterocycles. The molecule has 1 fully saturated rings. The van der Waals surface area contributed by atoms with Crippen molar-refractivity contribution in [2.75, 3.05) is 6.54 Å². The van der Waals surface area contributed by atoms with E-state index in [4.69, 9.17) is 4.42 Å². The lowest BCUT2D eigenvalue weighted by Crippen LogP contribution is -2.32. The summed E-state index contributed by atoms with van der Waals surface area (Å²) in [5, 5.41) is 4.50. The molecule has 1 aliphatic rings. The van der Waals surface area contributed by atoms with Gasteiger partial charge in [0.15, 0.2) is 12.1 Å². The fourth-order valence-corrected chi connectivity index (χ4v) is 3.54. The highest BCUT2D eigenvalue weighted by atomic mass is 16.3. The van der Waals surface area contributed by atoms with Gasteiger partial charge in [-0.3, -0.25) is 9.48 Å². The summed E-state index contributed by atoms with van der Waals surface area (Å²) in [5.74, 6) is 0.771. The van der Waals surface area contributed by atoms with Crippen LogP contribution in [-0.2, 0) is 7.05 Å². The molecule has 1 aliphatic heterocycles. The van der Waals surface area contributed by atoms with Gasteiger partial charge in [0.25, 0.3) is 5.91 Å². The molecule has 0 saturated carbocycles. The van der Waals surface area contributed by atoms with E-state index >= 15 is 0 Å². The van der Waals surface area contributed by atoms with Crippen molar-refractivity contribution < 1.29 is 9.21 Å². The number of hydrogen-bond acceptors (Lipinski definition) is 4. The van der Waals surface area contributed by atoms with Gasteiger partial charge in [0, 0.05) is 30.8 Å². The average molecular weight is 316 g/mol. The molecule has 2 aromatic rings. The van der Waals surface area contributed by atoms with Crippen LogP contribution in [-0.4, -0.2) is 32.1 Å². The molecule has 124 valence electrons. The van der Waals surface area contributed by atoms with Gasteiger partial charge < -0.3 is 9.32 Å². The normalized spacial score (nSPS) is 18.2. The van der Waals surface area contributed by atoms with Crippen molar-refractivity contribution in [3.05, 3.63) is 34.8 Å². The molecule has 2 aromatic heterocycles. The third-order valence-corrected chi connectivity index (χ3v) is 4.73. The highest BCUT2D eigenvalue weighted by Crippen LogP contribution is 2.36. The Hall–Kier alpha value is -2.11. The second-order valence-electron chi connectivity index (χ2n) is 6.58. The highest BCUT2D eigenvalue weighted by molar-refractivity contribution is 5.93. The van der Waals surface area contributed by atoms with E-state index in [2.05, 4.69) is 17.0 Å². The monoisotopic (exact) mass is 316 g/mol. The summed E-state index contributed by atoms with van der Waals surface area (Å²) in [4.78, 5) is 19.1. The number of hydrogen-bond donors (Lipinski definition) is 0. The Morgan fingerprint density at radius 2 is 2.13 bits per heavy atom. The number of rotatable bonds is 3. The molecule has 0 spiro atoms. The predicted octanol–water partition coefficient (Wildman–Crippen LogP) is 3.13. The van der Waals surface area contributed by atoms with E-state index in [-0.39, 0.29) is 17.9 Å². The first-order valence-electron chi connectivity index (χ1n) is 8.16. The van der Waals surface area contributed by atoms with Gasteiger partial charge in [-0.1, -0.05) is 13.8 Å². The van der Waals surface area contributed by atoms with Crippen LogP contribution in [0.4, 0.5) is 0 Å². The Morgan fingerprint density at radius 3 is 2.74 bits per heavy atom. The summed E-state index contributed by atoms with van der Waals surface area (Å²) in [5.41, 5.74) is 3.74. The smallest absolute Gasteiger partial charge is 0.276 e. The van der Waals surface area contributed by atoms with Crippen LogP contribution in [0.15, 0.2) is 10.8 Å². The van der Waals surface area contributed by atoms with Gasteiger partial charge >= 0.3 is 0 Å². The molecule has 3 heterocycles. The van der Waals surface area contributed by atoms with Crippen molar-refractivity contribution in [2.45, 2.75) is 52.5 Å². The van der Waals surface area contributed by atoms with Crippen LogP contribution in [0.3, 0.4) is 0 Å². The second kappa shape index (κ2) is 5.83. The fourth-order valence-electron chi connectivity index (χ4n) is 3.54. The zero-order chi connectivity index (χ0) is 16.7. The molecule has 0 N–H and O–H groups in total. The molecule has 0 aromatic carbocycles. The van der Waals surface area contributed by atoms with Gasteiger partial charge in [0.1, 0.15) is 5.76 Å². The lowest BCUT2D eigenvalue weighted by Gasteiger charge is -2.25. The van der Waals surface area contributed by atoms with Crippen molar-refractivity contribution in [1.29, 1.82) is 0 Å². The highest BCUT2D eigenvalue weighted by Gasteiger charge is 2.36. The van der Waals surface area contributed by atoms with E-state index in [1.807, 2.05) is 37.4 Å². The zero-order valence-corrected chi connectivity index (χ0v) is 14.5. The Labute approximate surface area is 136 Å². The number of likely N-dealkylation sites (tertiary alicyclic amines) is 1. The molecular formula is C17H24N4O2. The summed E-state index contributed by atoms with van der Waals surface area (Å²) in [6.45, 7) is 8.84. The Bertz CT molecular complexity index is 729. The van der Waals surface area contributed by atoms with Crippen molar-refractivity contribution in [3.8, 4) is 0 Å². The SMILES string of the molecule is Cc1nn(C)c(C)c1C1CCCN1C(=O)c1ncoc1C(C)C. The summed E-state index contributed by atoms with van der Waals surface area (Å²) in [6.07, 6.45) is 3.33. The molecule has 23 heavy (non-hydrogen) atoms. The number of aromatic nitrogens is 3. The number of nitrogens with zero attached hydrogens (tertiary/aromatic N) is 4. The van der Waals surface area contributed by atoms with E-state index in [9.17, 15) is 4.79 Å². The van der Waals surface area contributed by atoms with E-state index in [1.165, 1.54) is 12.0 Å². The summed E-state index contributed by atoms with van der Waals surface area (Å²) in [7, 11) is 1.95. The molecule has 6 nitrogen and oxygen atoms in total. The van der Waals surface area contributed by atoms with Crippen LogP contribution in [0.2, 0.25) is 0 Å². The minimum Gasteiger partial charge on any atom is -0.447 e. The largest absolute Gasteiger partial charge is 0.447 e. The maximum absolute atomic E-state index is 13.0. The van der Waals surface area contributed by atoms with Crippen LogP contribution in [0.1, 0.15) is 71.8 Å². The zero-order valence-electron chi connectivity index (χ0n) is 14.5. The van der Waals surface area contributed by atoms with Crippen molar-refractivity contribution in [3.63, 3.8) is 0 Å². The Morgan fingerprint density at radius 1 is 1.39 bits per heavy atom. The number of amides is 1. The number of carbonyl (C=O) groups excluding carboxylic acids is 1. The molecular weight excluding hydrogens is 292 g/mol. The second-order valence-corrected chi connectivity index (χ2v) is 6.58. The van der Waals surface area contributed by atoms with Crippen molar-refractivity contribution in [1.82, 2.24) is 19.7 Å². The summed E-state index contributed by atoms with van der Waals surface area (Å²) >= 11 is 0. The standard InChI is InChI=1S/C17H24N4O2/c1-10(2)16-15(18-9-23-16)17(22)21-8-6-7-13(21)14-11(3)19-20(5)12(14)4/h9-10,13H,6-8H2,1-5H3. The maximum Gasteiger partial charge on any atom is 0.276 e. The maximum atomic E-state index is 13.0. The van der Waals surface area contributed by atoms with Crippen LogP contribution in [0, 0.1) is 13.8 Å². The first-order chi connectivity index (χ1) is 10.9. The molecule has 3 rings (SSSR count). The van der Waals surface area contributed by atoms with E-state index in [0.29, 0.717) is 11.5 Å². The van der Waals surface area contributed by atoms with Gasteiger partial charge in [-0.2, -0.15) is 5.10 Å². The number of aryl methyl sites for hydroxylation is 2. The number of oxazole rings is 1. The topological polar surface area (TPSA) is 64.2 Å². The van der Waals surface area contributed by atoms with Crippen LogP contribution in [0.5, 0.6) is 0 Å². The molecule has 0 radical (unpaired) electrons. The van der Waals surface area contributed by atoms with E-state index < -0.39 is 0 Å². The first-order valence-corrected chi connectivity index (χ1v) is 8.16. The van der Waals surface area contributed by atoms with Gasteiger partial charge in [-0.05, 0) is 26.7 Å². The molecule has 6 heteroatoms. The fraction of sp³-hybridized carbons (Fsp3) is 0.588. The quantitative estimate of drug-likeness (QED) is 0.872. The van der Waals surface area contributed by atoms with Gasteiger partial charge in [-0.15, -0.1) is 0 Å². The molecule has 1 atom stereocenters. The Kier molecular flexibility index (Phi) is 4.00. The molecule has 0 aliphatic carbocycles. The van der Waals surface area contributed by atoms with E-state index in [0.717, 1.165) is 30.8 Å². The lowest BCUT2D eigenvalue weighted by molar-refractivity contribution is 0.0727. The third kappa shape index (κ3) is 2.56. The van der Waals surface area contributed by atoms with Crippen molar-refractivity contribution >= 4 is 5.91 Å². The lowest BCUT2D eigenvalue weighted by atomic mass is 10.0. The third-order valence-electron chi connectivity index (χ3n) is 4.73. The molecule has 0 bridgehead atoms. The van der Waals surface area contributed by atoms with Crippen LogP contribution in [0.25, 0.3) is 0 Å². The van der Waals surface area contributed by atoms with E-state index in [1.54, 1.807) is 0 Å². The Balaban J connectivity index is 1.95. The van der Waals surface area contributed by atoms with Gasteiger partial charge in [0.2, 0.25) is 0 Å². The predicted molar refractivity (Wildman–Crippen MR) is 86.3 cm³/mol. The van der Waals surface area contributed by atoms with Gasteiger partial charge in [-0.25, -0.2) is 4.98 Å². The van der Waals surface area contributed by atoms with Gasteiger partial charge in [0.05, 0.1) is 11.7 Å². The summed E-state index contributed by atoms with van der Waals surface area (Å²) in [6, 6.07) is 0.0768. The van der Waals surface area contributed by atoms with Crippen LogP contribution < -0.4 is 0 Å². The first kappa shape index (κ1) is 15.8. The molecule has 1 amide bonds. The van der Waals surface area contributed by atoms with Crippen LogP contribution >= 0.6 is 0 Å². The molecule has 1 unspecified atom stereocenters. The minimum absolute atomic E-state index is 0.0346. The van der Waals surface area contributed by atoms with Crippen molar-refractivity contribution in [2.24, 2.45) is 7.05 Å². The number of carbonyl (C=O) groups is 1. The minimum atomic E-state index is -0.0346. The average Bonchev–Trinajstić information content (AvgIpc) is 3.19.